The minimum absolute atomic E-state index is 0.0865. The van der Waals surface area contributed by atoms with Gasteiger partial charge in [0.15, 0.2) is 11.6 Å². The van der Waals surface area contributed by atoms with Gasteiger partial charge >= 0.3 is 0 Å². The van der Waals surface area contributed by atoms with E-state index in [1.54, 1.807) is 0 Å². The molecule has 0 aliphatic rings. The van der Waals surface area contributed by atoms with E-state index in [-0.39, 0.29) is 34.9 Å². The molecule has 0 bridgehead atoms. The van der Waals surface area contributed by atoms with Gasteiger partial charge in [-0.15, -0.1) is 0 Å². The number of halogens is 2. The molecule has 0 spiro atoms. The highest BCUT2D eigenvalue weighted by atomic mass is 35.5. The molecule has 0 amide bonds. The second-order valence-corrected chi connectivity index (χ2v) is 4.16. The number of ether oxygens (including phenoxy) is 2. The fourth-order valence-electron chi connectivity index (χ4n) is 1.22. The molecule has 1 aromatic carbocycles. The summed E-state index contributed by atoms with van der Waals surface area (Å²) in [5.74, 6) is -0.828. The number of nitrogens with two attached hydrogens (primary N) is 2. The van der Waals surface area contributed by atoms with Gasteiger partial charge in [0.1, 0.15) is 11.6 Å². The van der Waals surface area contributed by atoms with Gasteiger partial charge in [-0.05, 0) is 19.9 Å². The Balaban J connectivity index is 2.68. The largest absolute Gasteiger partial charge is 0.486 e. The quantitative estimate of drug-likeness (QED) is 0.632. The molecule has 6 heteroatoms. The second kappa shape index (κ2) is 5.93. The normalized spacial score (nSPS) is 10.9. The maximum Gasteiger partial charge on any atom is 0.187 e. The number of nitrogen functional groups attached to an aromatic ring is 2. The molecule has 0 aliphatic heterocycles. The van der Waals surface area contributed by atoms with Gasteiger partial charge in [0.25, 0.3) is 0 Å². The van der Waals surface area contributed by atoms with E-state index >= 15 is 0 Å². The zero-order chi connectivity index (χ0) is 13.0. The van der Waals surface area contributed by atoms with Gasteiger partial charge in [-0.3, -0.25) is 0 Å². The third-order valence-electron chi connectivity index (χ3n) is 2.00. The van der Waals surface area contributed by atoms with Gasteiger partial charge in [-0.1, -0.05) is 11.6 Å². The first-order valence-corrected chi connectivity index (χ1v) is 5.58. The van der Waals surface area contributed by atoms with Crippen LogP contribution in [0, 0.1) is 5.82 Å². The summed E-state index contributed by atoms with van der Waals surface area (Å²) in [5, 5.41) is -0.182. The van der Waals surface area contributed by atoms with Crippen LogP contribution in [0.5, 0.6) is 5.75 Å². The highest BCUT2D eigenvalue weighted by molar-refractivity contribution is 6.33. The third-order valence-corrected chi connectivity index (χ3v) is 2.38. The molecule has 1 aromatic rings. The number of rotatable bonds is 5. The molecule has 1 rings (SSSR count). The Morgan fingerprint density at radius 2 is 1.94 bits per heavy atom. The maximum atomic E-state index is 13.7. The van der Waals surface area contributed by atoms with E-state index < -0.39 is 5.82 Å². The summed E-state index contributed by atoms with van der Waals surface area (Å²) in [6.45, 7) is 4.34. The first-order valence-electron chi connectivity index (χ1n) is 5.20. The lowest BCUT2D eigenvalue weighted by Gasteiger charge is -2.13. The predicted molar refractivity (Wildman–Crippen MR) is 66.8 cm³/mol. The molecule has 0 fully saturated rings. The molecular formula is C11H16ClFN2O2. The van der Waals surface area contributed by atoms with E-state index in [1.807, 2.05) is 13.8 Å². The highest BCUT2D eigenvalue weighted by Gasteiger charge is 2.15. The summed E-state index contributed by atoms with van der Waals surface area (Å²) in [5.41, 5.74) is 11.3. The second-order valence-electron chi connectivity index (χ2n) is 3.78. The van der Waals surface area contributed by atoms with Crippen molar-refractivity contribution in [1.82, 2.24) is 0 Å². The summed E-state index contributed by atoms with van der Waals surface area (Å²) in [7, 11) is 0. The Morgan fingerprint density at radius 3 is 2.53 bits per heavy atom. The molecule has 0 aliphatic carbocycles. The number of hydrogen-bond donors (Lipinski definition) is 2. The Labute approximate surface area is 105 Å². The molecule has 4 N–H and O–H groups in total. The molecule has 0 aromatic heterocycles. The van der Waals surface area contributed by atoms with E-state index in [1.165, 1.54) is 6.07 Å². The number of benzene rings is 1. The minimum atomic E-state index is -0.742. The van der Waals surface area contributed by atoms with Crippen LogP contribution in [0.2, 0.25) is 5.02 Å². The molecule has 0 saturated heterocycles. The number of anilines is 2. The van der Waals surface area contributed by atoms with Gasteiger partial charge < -0.3 is 20.9 Å². The first kappa shape index (κ1) is 13.9. The lowest BCUT2D eigenvalue weighted by molar-refractivity contribution is 0.0546. The fourth-order valence-corrected chi connectivity index (χ4v) is 1.36. The van der Waals surface area contributed by atoms with Gasteiger partial charge in [-0.25, -0.2) is 4.39 Å². The molecule has 0 unspecified atom stereocenters. The van der Waals surface area contributed by atoms with E-state index in [0.717, 1.165) is 0 Å². The Bertz CT molecular complexity index is 400. The number of hydrogen-bond acceptors (Lipinski definition) is 4. The zero-order valence-corrected chi connectivity index (χ0v) is 10.6. The minimum Gasteiger partial charge on any atom is -0.486 e. The molecule has 0 heterocycles. The van der Waals surface area contributed by atoms with Crippen LogP contribution >= 0.6 is 11.6 Å². The summed E-state index contributed by atoms with van der Waals surface area (Å²) >= 11 is 5.65. The van der Waals surface area contributed by atoms with Crippen LogP contribution in [0.3, 0.4) is 0 Å². The molecule has 96 valence electrons. The summed E-state index contributed by atoms with van der Waals surface area (Å²) in [4.78, 5) is 0. The fraction of sp³-hybridized carbons (Fsp3) is 0.455. The van der Waals surface area contributed by atoms with Crippen molar-refractivity contribution in [3.8, 4) is 5.75 Å². The van der Waals surface area contributed by atoms with Crippen molar-refractivity contribution < 1.29 is 13.9 Å². The molecule has 17 heavy (non-hydrogen) atoms. The van der Waals surface area contributed by atoms with Crippen LogP contribution in [0.4, 0.5) is 15.8 Å². The highest BCUT2D eigenvalue weighted by Crippen LogP contribution is 2.35. The van der Waals surface area contributed by atoms with Crippen molar-refractivity contribution in [3.05, 3.63) is 16.9 Å². The average Bonchev–Trinajstić information content (AvgIpc) is 2.24. The maximum absolute atomic E-state index is 13.7. The van der Waals surface area contributed by atoms with Crippen LogP contribution < -0.4 is 16.2 Å². The average molecular weight is 263 g/mol. The van der Waals surface area contributed by atoms with E-state index in [9.17, 15) is 4.39 Å². The summed E-state index contributed by atoms with van der Waals surface area (Å²) in [6.07, 6.45) is 0.0933. The van der Waals surface area contributed by atoms with Crippen LogP contribution in [0.1, 0.15) is 13.8 Å². The van der Waals surface area contributed by atoms with E-state index in [4.69, 9.17) is 32.5 Å². The van der Waals surface area contributed by atoms with Gasteiger partial charge in [0.2, 0.25) is 0 Å². The Morgan fingerprint density at radius 1 is 1.29 bits per heavy atom. The van der Waals surface area contributed by atoms with Crippen molar-refractivity contribution in [2.45, 2.75) is 20.0 Å². The molecule has 0 radical (unpaired) electrons. The summed E-state index contributed by atoms with van der Waals surface area (Å²) in [6, 6.07) is 1.37. The van der Waals surface area contributed by atoms with Gasteiger partial charge in [0.05, 0.1) is 24.1 Å². The SMILES string of the molecule is CC(C)OCCOc1c(N)cc(N)c(Cl)c1F. The van der Waals surface area contributed by atoms with Crippen molar-refractivity contribution >= 4 is 23.0 Å². The van der Waals surface area contributed by atoms with E-state index in [2.05, 4.69) is 0 Å². The van der Waals surface area contributed by atoms with Gasteiger partial charge in [0, 0.05) is 0 Å². The monoisotopic (exact) mass is 262 g/mol. The molecule has 0 atom stereocenters. The Kier molecular flexibility index (Phi) is 4.84. The molecule has 0 saturated carbocycles. The van der Waals surface area contributed by atoms with Crippen molar-refractivity contribution in [3.63, 3.8) is 0 Å². The van der Waals surface area contributed by atoms with Crippen LogP contribution in [0.15, 0.2) is 6.07 Å². The van der Waals surface area contributed by atoms with Crippen LogP contribution in [-0.2, 0) is 4.74 Å². The van der Waals surface area contributed by atoms with Crippen molar-refractivity contribution in [2.75, 3.05) is 24.7 Å². The van der Waals surface area contributed by atoms with E-state index in [0.29, 0.717) is 6.61 Å². The molecule has 4 nitrogen and oxygen atoms in total. The lowest BCUT2D eigenvalue weighted by Crippen LogP contribution is -2.13. The predicted octanol–water partition coefficient (Wildman–Crippen LogP) is 2.45. The smallest absolute Gasteiger partial charge is 0.187 e. The first-order chi connectivity index (χ1) is 7.93. The lowest BCUT2D eigenvalue weighted by atomic mass is 10.2. The zero-order valence-electron chi connectivity index (χ0n) is 9.80. The Hall–Kier alpha value is -1.20. The van der Waals surface area contributed by atoms with Crippen LogP contribution in [-0.4, -0.2) is 19.3 Å². The van der Waals surface area contributed by atoms with Crippen LogP contribution in [0.25, 0.3) is 0 Å². The van der Waals surface area contributed by atoms with Gasteiger partial charge in [-0.2, -0.15) is 0 Å². The third kappa shape index (κ3) is 3.64. The van der Waals surface area contributed by atoms with Crippen molar-refractivity contribution in [2.24, 2.45) is 0 Å². The topological polar surface area (TPSA) is 70.5 Å². The summed E-state index contributed by atoms with van der Waals surface area (Å²) < 4.78 is 24.1. The molecular weight excluding hydrogens is 247 g/mol. The standard InChI is InChI=1S/C11H16ClFN2O2/c1-6(2)16-3-4-17-11-8(15)5-7(14)9(12)10(11)13/h5-6H,3-4,14-15H2,1-2H3. The van der Waals surface area contributed by atoms with Crippen molar-refractivity contribution in [1.29, 1.82) is 0 Å².